The minimum atomic E-state index is -4.58. The van der Waals surface area contributed by atoms with E-state index in [0.29, 0.717) is 37.3 Å². The van der Waals surface area contributed by atoms with Gasteiger partial charge in [-0.2, -0.15) is 13.2 Å². The predicted octanol–water partition coefficient (Wildman–Crippen LogP) is 3.52. The lowest BCUT2D eigenvalue weighted by atomic mass is 10.1. The summed E-state index contributed by atoms with van der Waals surface area (Å²) in [4.78, 5) is 16.5. The number of piperazine rings is 1. The molecule has 5 nitrogen and oxygen atoms in total. The van der Waals surface area contributed by atoms with E-state index in [1.807, 2.05) is 4.90 Å². The molecule has 0 radical (unpaired) electrons. The van der Waals surface area contributed by atoms with Gasteiger partial charge in [0.1, 0.15) is 5.82 Å². The highest BCUT2D eigenvalue weighted by Crippen LogP contribution is 2.32. The topological polar surface area (TPSA) is 55.8 Å². The molecular formula is C22H25F4N3O2. The Labute approximate surface area is 178 Å². The van der Waals surface area contributed by atoms with Gasteiger partial charge in [0.2, 0.25) is 0 Å². The van der Waals surface area contributed by atoms with Crippen LogP contribution in [0.1, 0.15) is 27.0 Å². The van der Waals surface area contributed by atoms with Crippen molar-refractivity contribution >= 4 is 11.6 Å². The molecule has 168 valence electrons. The van der Waals surface area contributed by atoms with Crippen LogP contribution >= 0.6 is 0 Å². The third-order valence-electron chi connectivity index (χ3n) is 5.23. The van der Waals surface area contributed by atoms with E-state index in [4.69, 9.17) is 5.11 Å². The normalized spacial score (nSPS) is 15.8. The number of aryl methyl sites for hydroxylation is 1. The highest BCUT2D eigenvalue weighted by atomic mass is 19.4. The average Bonchev–Trinajstić information content (AvgIpc) is 2.69. The van der Waals surface area contributed by atoms with Gasteiger partial charge in [-0.1, -0.05) is 6.07 Å². The van der Waals surface area contributed by atoms with Gasteiger partial charge < -0.3 is 10.4 Å². The molecule has 0 saturated carbocycles. The summed E-state index contributed by atoms with van der Waals surface area (Å²) in [5.74, 6) is -1.54. The van der Waals surface area contributed by atoms with Crippen molar-refractivity contribution in [2.24, 2.45) is 0 Å². The summed E-state index contributed by atoms with van der Waals surface area (Å²) in [7, 11) is 0. The molecular weight excluding hydrogens is 414 g/mol. The van der Waals surface area contributed by atoms with Crippen LogP contribution in [0.4, 0.5) is 23.2 Å². The molecule has 1 amide bonds. The molecule has 1 heterocycles. The van der Waals surface area contributed by atoms with Crippen molar-refractivity contribution in [3.8, 4) is 0 Å². The summed E-state index contributed by atoms with van der Waals surface area (Å²) in [6.07, 6.45) is -4.58. The number of rotatable bonds is 6. The van der Waals surface area contributed by atoms with Gasteiger partial charge in [0.15, 0.2) is 0 Å². The highest BCUT2D eigenvalue weighted by Gasteiger charge is 2.31. The van der Waals surface area contributed by atoms with Crippen LogP contribution in [-0.2, 0) is 12.7 Å². The predicted molar refractivity (Wildman–Crippen MR) is 109 cm³/mol. The van der Waals surface area contributed by atoms with Crippen LogP contribution in [0.2, 0.25) is 0 Å². The van der Waals surface area contributed by atoms with Crippen molar-refractivity contribution in [1.29, 1.82) is 0 Å². The number of halogens is 4. The smallest absolute Gasteiger partial charge is 0.395 e. The number of nitrogens with zero attached hydrogens (tertiary/aromatic N) is 2. The zero-order valence-electron chi connectivity index (χ0n) is 17.2. The van der Waals surface area contributed by atoms with Crippen LogP contribution in [0, 0.1) is 12.7 Å². The number of aliphatic hydroxyl groups excluding tert-OH is 1. The molecule has 2 aromatic carbocycles. The Morgan fingerprint density at radius 1 is 1.06 bits per heavy atom. The van der Waals surface area contributed by atoms with Crippen LogP contribution in [-0.4, -0.2) is 60.1 Å². The first kappa shape index (κ1) is 23.2. The summed E-state index contributed by atoms with van der Waals surface area (Å²) >= 11 is 0. The molecule has 0 aliphatic carbocycles. The van der Waals surface area contributed by atoms with Crippen molar-refractivity contribution in [2.45, 2.75) is 19.6 Å². The number of aliphatic hydroxyl groups is 1. The number of alkyl halides is 3. The first-order valence-corrected chi connectivity index (χ1v) is 10.00. The third-order valence-corrected chi connectivity index (χ3v) is 5.23. The van der Waals surface area contributed by atoms with Crippen molar-refractivity contribution in [1.82, 2.24) is 9.80 Å². The minimum Gasteiger partial charge on any atom is -0.395 e. The fraction of sp³-hybridized carbons (Fsp3) is 0.409. The Morgan fingerprint density at radius 3 is 2.35 bits per heavy atom. The van der Waals surface area contributed by atoms with Gasteiger partial charge in [-0.3, -0.25) is 14.6 Å². The van der Waals surface area contributed by atoms with Gasteiger partial charge in [0.05, 0.1) is 17.7 Å². The Hall–Kier alpha value is -2.49. The summed E-state index contributed by atoms with van der Waals surface area (Å²) in [5.41, 5.74) is -0.0959. The zero-order chi connectivity index (χ0) is 22.6. The molecule has 1 aliphatic rings. The standard InChI is InChI=1S/C22H25F4N3O2/c1-15-2-3-19(20(23)10-15)21(31)27-18-12-16(11-17(13-18)22(24,25)26)14-29-6-4-28(5-7-29)8-9-30/h2-3,10-13,30H,4-9,14H2,1H3,(H,27,31). The Kier molecular flexibility index (Phi) is 7.30. The average molecular weight is 439 g/mol. The van der Waals surface area contributed by atoms with E-state index in [9.17, 15) is 22.4 Å². The van der Waals surface area contributed by atoms with Crippen LogP contribution in [0.15, 0.2) is 36.4 Å². The molecule has 2 N–H and O–H groups in total. The number of anilines is 1. The number of benzene rings is 2. The van der Waals surface area contributed by atoms with Crippen molar-refractivity contribution in [2.75, 3.05) is 44.6 Å². The molecule has 0 aromatic heterocycles. The Balaban J connectivity index is 1.78. The largest absolute Gasteiger partial charge is 0.416 e. The molecule has 3 rings (SSSR count). The maximum atomic E-state index is 14.1. The van der Waals surface area contributed by atoms with E-state index in [1.54, 1.807) is 13.0 Å². The minimum absolute atomic E-state index is 0.0336. The van der Waals surface area contributed by atoms with Gasteiger partial charge in [0.25, 0.3) is 5.91 Å². The van der Waals surface area contributed by atoms with Gasteiger partial charge in [-0.25, -0.2) is 4.39 Å². The number of hydrogen-bond donors (Lipinski definition) is 2. The van der Waals surface area contributed by atoms with Gasteiger partial charge >= 0.3 is 6.18 Å². The fourth-order valence-electron chi connectivity index (χ4n) is 3.59. The molecule has 0 bridgehead atoms. The highest BCUT2D eigenvalue weighted by molar-refractivity contribution is 6.04. The molecule has 0 spiro atoms. The number of carbonyl (C=O) groups is 1. The monoisotopic (exact) mass is 439 g/mol. The maximum Gasteiger partial charge on any atom is 0.416 e. The van der Waals surface area contributed by atoms with Gasteiger partial charge in [0, 0.05) is 45.0 Å². The second kappa shape index (κ2) is 9.76. The van der Waals surface area contributed by atoms with Crippen molar-refractivity contribution in [3.05, 3.63) is 64.5 Å². The third kappa shape index (κ3) is 6.25. The SMILES string of the molecule is Cc1ccc(C(=O)Nc2cc(CN3CCN(CCO)CC3)cc(C(F)(F)F)c2)c(F)c1. The van der Waals surface area contributed by atoms with Crippen molar-refractivity contribution in [3.63, 3.8) is 0 Å². The first-order valence-electron chi connectivity index (χ1n) is 10.00. The maximum absolute atomic E-state index is 14.1. The summed E-state index contributed by atoms with van der Waals surface area (Å²) < 4.78 is 54.3. The molecule has 1 saturated heterocycles. The lowest BCUT2D eigenvalue weighted by Crippen LogP contribution is -2.46. The number of β-amino-alcohol motifs (C(OH)–C–C–N with tert-alkyl or cyclic N) is 1. The second-order valence-electron chi connectivity index (χ2n) is 7.70. The quantitative estimate of drug-likeness (QED) is 0.677. The van der Waals surface area contributed by atoms with Crippen LogP contribution < -0.4 is 5.32 Å². The number of carbonyl (C=O) groups excluding carboxylic acids is 1. The lowest BCUT2D eigenvalue weighted by molar-refractivity contribution is -0.137. The van der Waals surface area contributed by atoms with Gasteiger partial charge in [-0.05, 0) is 48.4 Å². The van der Waals surface area contributed by atoms with E-state index in [0.717, 1.165) is 25.2 Å². The Morgan fingerprint density at radius 2 is 1.74 bits per heavy atom. The number of hydrogen-bond acceptors (Lipinski definition) is 4. The molecule has 2 aromatic rings. The molecule has 9 heteroatoms. The van der Waals surface area contributed by atoms with Crippen LogP contribution in [0.5, 0.6) is 0 Å². The van der Waals surface area contributed by atoms with Crippen LogP contribution in [0.3, 0.4) is 0 Å². The van der Waals surface area contributed by atoms with E-state index in [1.165, 1.54) is 18.2 Å². The molecule has 1 fully saturated rings. The molecule has 1 aliphatic heterocycles. The first-order chi connectivity index (χ1) is 14.7. The van der Waals surface area contributed by atoms with Crippen LogP contribution in [0.25, 0.3) is 0 Å². The summed E-state index contributed by atoms with van der Waals surface area (Å²) in [6.45, 7) is 5.36. The van der Waals surface area contributed by atoms with E-state index in [-0.39, 0.29) is 17.9 Å². The zero-order valence-corrected chi connectivity index (χ0v) is 17.2. The van der Waals surface area contributed by atoms with Crippen molar-refractivity contribution < 1.29 is 27.5 Å². The number of amides is 1. The lowest BCUT2D eigenvalue weighted by Gasteiger charge is -2.34. The summed E-state index contributed by atoms with van der Waals surface area (Å²) in [6, 6.07) is 7.48. The molecule has 0 atom stereocenters. The fourth-order valence-corrected chi connectivity index (χ4v) is 3.59. The summed E-state index contributed by atoms with van der Waals surface area (Å²) in [5, 5.41) is 11.4. The number of nitrogens with one attached hydrogen (secondary N) is 1. The Bertz CT molecular complexity index is 925. The van der Waals surface area contributed by atoms with E-state index >= 15 is 0 Å². The van der Waals surface area contributed by atoms with Gasteiger partial charge in [-0.15, -0.1) is 0 Å². The second-order valence-corrected chi connectivity index (χ2v) is 7.70. The van der Waals surface area contributed by atoms with E-state index in [2.05, 4.69) is 10.2 Å². The molecule has 31 heavy (non-hydrogen) atoms. The molecule has 0 unspecified atom stereocenters. The van der Waals surface area contributed by atoms with E-state index < -0.39 is 23.5 Å².